The Kier molecular flexibility index (Phi) is 4.60. The third-order valence-electron chi connectivity index (χ3n) is 3.40. The highest BCUT2D eigenvalue weighted by atomic mass is 15.0. The highest BCUT2D eigenvalue weighted by Crippen LogP contribution is 2.17. The first-order valence-electron chi connectivity index (χ1n) is 6.68. The van der Waals surface area contributed by atoms with Crippen LogP contribution in [0.1, 0.15) is 44.1 Å². The van der Waals surface area contributed by atoms with Crippen LogP contribution in [0.3, 0.4) is 0 Å². The summed E-state index contributed by atoms with van der Waals surface area (Å²) in [6.07, 6.45) is 4.86. The second-order valence-corrected chi connectivity index (χ2v) is 4.81. The molecule has 2 heteroatoms. The second kappa shape index (κ2) is 6.43. The van der Waals surface area contributed by atoms with Gasteiger partial charge in [0.15, 0.2) is 0 Å². The molecular weight excluding hydrogens is 208 g/mol. The molecule has 0 fully saturated rings. The molecule has 17 heavy (non-hydrogen) atoms. The zero-order valence-electron chi connectivity index (χ0n) is 10.7. The van der Waals surface area contributed by atoms with Gasteiger partial charge in [0.25, 0.3) is 0 Å². The molecule has 1 atom stereocenters. The first kappa shape index (κ1) is 12.2. The summed E-state index contributed by atoms with van der Waals surface area (Å²) in [6, 6.07) is 10.7. The smallest absolute Gasteiger partial charge is 0.0963 e. The second-order valence-electron chi connectivity index (χ2n) is 4.81. The molecule has 0 radical (unpaired) electrons. The lowest BCUT2D eigenvalue weighted by molar-refractivity contribution is 0.642. The number of benzene rings is 1. The van der Waals surface area contributed by atoms with Gasteiger partial charge >= 0.3 is 0 Å². The monoisotopic (exact) mass is 230 g/mol. The number of rotatable bonds is 4. The Balaban J connectivity index is 1.73. The Morgan fingerprint density at radius 1 is 1.24 bits per heavy atom. The van der Waals surface area contributed by atoms with Gasteiger partial charge in [-0.3, -0.25) is 4.99 Å². The van der Waals surface area contributed by atoms with Crippen LogP contribution in [0.15, 0.2) is 35.3 Å². The third kappa shape index (κ3) is 3.88. The molecule has 0 aromatic heterocycles. The molecular formula is C15H22N2. The Labute approximate surface area is 104 Å². The Bertz CT molecular complexity index is 356. The fourth-order valence-corrected chi connectivity index (χ4v) is 2.22. The van der Waals surface area contributed by atoms with Crippen molar-refractivity contribution >= 4 is 5.84 Å². The van der Waals surface area contributed by atoms with Gasteiger partial charge < -0.3 is 5.32 Å². The van der Waals surface area contributed by atoms with Crippen LogP contribution in [0, 0.1) is 0 Å². The van der Waals surface area contributed by atoms with Gasteiger partial charge in [-0.15, -0.1) is 0 Å². The van der Waals surface area contributed by atoms with Crippen molar-refractivity contribution in [2.75, 3.05) is 13.1 Å². The predicted octanol–water partition coefficient (Wildman–Crippen LogP) is 3.35. The molecule has 0 spiro atoms. The van der Waals surface area contributed by atoms with Crippen LogP contribution in [-0.2, 0) is 0 Å². The van der Waals surface area contributed by atoms with E-state index in [9.17, 15) is 0 Å². The van der Waals surface area contributed by atoms with Crippen molar-refractivity contribution in [3.05, 3.63) is 35.9 Å². The van der Waals surface area contributed by atoms with E-state index in [0.29, 0.717) is 5.92 Å². The van der Waals surface area contributed by atoms with E-state index < -0.39 is 0 Å². The lowest BCUT2D eigenvalue weighted by Crippen LogP contribution is -2.27. The molecule has 0 amide bonds. The van der Waals surface area contributed by atoms with Crippen molar-refractivity contribution < 1.29 is 0 Å². The molecule has 1 aliphatic rings. The van der Waals surface area contributed by atoms with Gasteiger partial charge in [0, 0.05) is 19.5 Å². The first-order valence-corrected chi connectivity index (χ1v) is 6.68. The van der Waals surface area contributed by atoms with Gasteiger partial charge in [0.05, 0.1) is 5.84 Å². The van der Waals surface area contributed by atoms with Crippen molar-refractivity contribution in [1.29, 1.82) is 0 Å². The van der Waals surface area contributed by atoms with Gasteiger partial charge in [-0.1, -0.05) is 37.3 Å². The molecule has 0 saturated carbocycles. The van der Waals surface area contributed by atoms with E-state index in [1.807, 2.05) is 0 Å². The summed E-state index contributed by atoms with van der Waals surface area (Å²) >= 11 is 0. The average molecular weight is 230 g/mol. The topological polar surface area (TPSA) is 24.4 Å². The average Bonchev–Trinajstić information content (AvgIpc) is 2.41. The molecule has 1 N–H and O–H groups in total. The third-order valence-corrected chi connectivity index (χ3v) is 3.40. The van der Waals surface area contributed by atoms with Crippen molar-refractivity contribution in [2.45, 2.75) is 38.5 Å². The van der Waals surface area contributed by atoms with Crippen molar-refractivity contribution in [3.8, 4) is 0 Å². The molecule has 1 aromatic carbocycles. The number of hydrogen-bond donors (Lipinski definition) is 1. The van der Waals surface area contributed by atoms with Crippen LogP contribution in [0.4, 0.5) is 0 Å². The summed E-state index contributed by atoms with van der Waals surface area (Å²) in [5.74, 6) is 1.84. The molecule has 1 unspecified atom stereocenters. The molecule has 2 nitrogen and oxygen atoms in total. The summed E-state index contributed by atoms with van der Waals surface area (Å²) in [5.41, 5.74) is 1.43. The van der Waals surface area contributed by atoms with Gasteiger partial charge in [-0.05, 0) is 30.7 Å². The molecule has 1 aromatic rings. The number of aliphatic imine (C=N–C) groups is 1. The quantitative estimate of drug-likeness (QED) is 0.842. The van der Waals surface area contributed by atoms with Gasteiger partial charge in [-0.2, -0.15) is 0 Å². The van der Waals surface area contributed by atoms with Crippen LogP contribution < -0.4 is 5.32 Å². The summed E-state index contributed by atoms with van der Waals surface area (Å²) in [5, 5.41) is 3.47. The minimum Gasteiger partial charge on any atom is -0.374 e. The van der Waals surface area contributed by atoms with Gasteiger partial charge in [0.2, 0.25) is 0 Å². The molecule has 0 saturated heterocycles. The zero-order valence-corrected chi connectivity index (χ0v) is 10.7. The lowest BCUT2D eigenvalue weighted by atomic mass is 9.98. The van der Waals surface area contributed by atoms with E-state index in [1.54, 1.807) is 0 Å². The number of nitrogens with zero attached hydrogens (tertiary/aromatic N) is 1. The highest BCUT2D eigenvalue weighted by Gasteiger charge is 2.07. The van der Waals surface area contributed by atoms with Crippen molar-refractivity contribution in [1.82, 2.24) is 5.32 Å². The number of hydrogen-bond acceptors (Lipinski definition) is 2. The molecule has 2 rings (SSSR count). The first-order chi connectivity index (χ1) is 8.36. The van der Waals surface area contributed by atoms with Gasteiger partial charge in [-0.25, -0.2) is 0 Å². The van der Waals surface area contributed by atoms with Crippen molar-refractivity contribution in [3.63, 3.8) is 0 Å². The maximum Gasteiger partial charge on any atom is 0.0963 e. The summed E-state index contributed by atoms with van der Waals surface area (Å²) in [7, 11) is 0. The van der Waals surface area contributed by atoms with Crippen LogP contribution in [0.5, 0.6) is 0 Å². The summed E-state index contributed by atoms with van der Waals surface area (Å²) in [6.45, 7) is 4.34. The Morgan fingerprint density at radius 3 is 2.76 bits per heavy atom. The largest absolute Gasteiger partial charge is 0.374 e. The SMILES string of the molecule is CC(CCNC1=NCCCC1)c1ccccc1. The van der Waals surface area contributed by atoms with E-state index in [4.69, 9.17) is 0 Å². The Hall–Kier alpha value is -1.31. The van der Waals surface area contributed by atoms with Crippen molar-refractivity contribution in [2.24, 2.45) is 4.99 Å². The molecule has 0 aliphatic carbocycles. The van der Waals surface area contributed by atoms with Crippen LogP contribution in [0.2, 0.25) is 0 Å². The normalized spacial score (nSPS) is 17.4. The summed E-state index contributed by atoms with van der Waals surface area (Å²) in [4.78, 5) is 4.50. The van der Waals surface area contributed by atoms with Crippen LogP contribution in [-0.4, -0.2) is 18.9 Å². The van der Waals surface area contributed by atoms with E-state index >= 15 is 0 Å². The van der Waals surface area contributed by atoms with E-state index in [1.165, 1.54) is 30.7 Å². The minimum atomic E-state index is 0.618. The van der Waals surface area contributed by atoms with Crippen LogP contribution >= 0.6 is 0 Å². The number of amidine groups is 1. The fraction of sp³-hybridized carbons (Fsp3) is 0.533. The zero-order chi connectivity index (χ0) is 11.9. The maximum atomic E-state index is 4.50. The molecule has 1 aliphatic heterocycles. The highest BCUT2D eigenvalue weighted by molar-refractivity contribution is 5.82. The summed E-state index contributed by atoms with van der Waals surface area (Å²) < 4.78 is 0. The lowest BCUT2D eigenvalue weighted by Gasteiger charge is -2.16. The fourth-order valence-electron chi connectivity index (χ4n) is 2.22. The van der Waals surface area contributed by atoms with Gasteiger partial charge in [0.1, 0.15) is 0 Å². The predicted molar refractivity (Wildman–Crippen MR) is 73.6 cm³/mol. The minimum absolute atomic E-state index is 0.618. The van der Waals surface area contributed by atoms with E-state index in [-0.39, 0.29) is 0 Å². The maximum absolute atomic E-state index is 4.50. The molecule has 0 bridgehead atoms. The Morgan fingerprint density at radius 2 is 2.06 bits per heavy atom. The number of nitrogens with one attached hydrogen (secondary N) is 1. The van der Waals surface area contributed by atoms with E-state index in [2.05, 4.69) is 47.6 Å². The standard InChI is InChI=1S/C15H22N2/c1-13(14-7-3-2-4-8-14)10-12-17-15-9-5-6-11-16-15/h2-4,7-8,13H,5-6,9-12H2,1H3,(H,16,17). The van der Waals surface area contributed by atoms with E-state index in [0.717, 1.165) is 19.5 Å². The molecule has 92 valence electrons. The van der Waals surface area contributed by atoms with Crippen LogP contribution in [0.25, 0.3) is 0 Å². The molecule has 1 heterocycles.